The zero-order valence-corrected chi connectivity index (χ0v) is 34.3. The standard InChI is InChI=1S/C45H55N3O5.C2HF3O2/c1-3-53-45(51)25-19-41(20-26-45)48(43(49)18-15-36-13-16-42(52-2)17-14-36)33-37-9-5-10-38(31-37)39-11-6-12-40(32-39)44(50)47-29-23-35(24-30-47)8-4-7-34-21-27-46-28-22-34;3-2(4,5)1(6)7/h5-6,9-20,25,31-32,34-35,46,51H,3-4,7-8,21-24,26-30,33H2,1-2H3;(H,6,7)/b18-15+;. The molecule has 0 bridgehead atoms. The molecule has 1 aliphatic carbocycles. The second-order valence-corrected chi connectivity index (χ2v) is 15.4. The van der Waals surface area contributed by atoms with Crippen LogP contribution in [0.3, 0.4) is 0 Å². The molecule has 0 aromatic heterocycles. The highest BCUT2D eigenvalue weighted by atomic mass is 19.4. The summed E-state index contributed by atoms with van der Waals surface area (Å²) in [6.07, 6.45) is 12.4. The third kappa shape index (κ3) is 13.7. The van der Waals surface area contributed by atoms with Crippen LogP contribution in [0.1, 0.15) is 79.8 Å². The number of carboxylic acids is 1. The second-order valence-electron chi connectivity index (χ2n) is 15.4. The lowest BCUT2D eigenvalue weighted by molar-refractivity contribution is -0.192. The maximum atomic E-state index is 13.8. The van der Waals surface area contributed by atoms with Crippen molar-refractivity contribution in [2.45, 2.75) is 76.8 Å². The van der Waals surface area contributed by atoms with Gasteiger partial charge in [0, 0.05) is 43.5 Å². The zero-order valence-electron chi connectivity index (χ0n) is 34.3. The molecule has 0 saturated carbocycles. The SMILES string of the molecule is CCOC1(O)C=CC(N(Cc2cccc(-c3cccc(C(=O)N4CCC(CCCC5CCNCC5)CC4)c3)c2)C(=O)/C=C/c2ccc(OC)cc2)=CC1.O=C(O)C(F)(F)F. The molecule has 1 atom stereocenters. The van der Waals surface area contributed by atoms with Crippen molar-refractivity contribution in [1.29, 1.82) is 0 Å². The van der Waals surface area contributed by atoms with Gasteiger partial charge in [0.05, 0.1) is 13.7 Å². The van der Waals surface area contributed by atoms with Gasteiger partial charge in [-0.2, -0.15) is 13.2 Å². The van der Waals surface area contributed by atoms with Crippen molar-refractivity contribution in [2.75, 3.05) is 39.9 Å². The number of piperidine rings is 2. The lowest BCUT2D eigenvalue weighted by atomic mass is 9.87. The van der Waals surface area contributed by atoms with Gasteiger partial charge in [0.1, 0.15) is 5.75 Å². The van der Waals surface area contributed by atoms with Gasteiger partial charge in [0.15, 0.2) is 5.79 Å². The lowest BCUT2D eigenvalue weighted by Gasteiger charge is -2.32. The van der Waals surface area contributed by atoms with E-state index in [9.17, 15) is 27.9 Å². The molecule has 2 aliphatic heterocycles. The number of likely N-dealkylation sites (tertiary alicyclic amines) is 1. The molecule has 0 radical (unpaired) electrons. The summed E-state index contributed by atoms with van der Waals surface area (Å²) in [5, 5.41) is 21.4. The highest BCUT2D eigenvalue weighted by Crippen LogP contribution is 2.30. The fourth-order valence-corrected chi connectivity index (χ4v) is 7.77. The minimum atomic E-state index is -5.08. The van der Waals surface area contributed by atoms with Gasteiger partial charge in [-0.15, -0.1) is 0 Å². The number of hydrogen-bond donors (Lipinski definition) is 3. The fourth-order valence-electron chi connectivity index (χ4n) is 7.77. The number of allylic oxidation sites excluding steroid dienone is 1. The summed E-state index contributed by atoms with van der Waals surface area (Å²) in [6.45, 7) is 6.49. The first-order chi connectivity index (χ1) is 28.8. The number of hydrogen-bond acceptors (Lipinski definition) is 7. The molecule has 3 aromatic rings. The smallest absolute Gasteiger partial charge is 0.490 e. The molecule has 322 valence electrons. The number of benzene rings is 3. The van der Waals surface area contributed by atoms with Crippen molar-refractivity contribution in [3.63, 3.8) is 0 Å². The molecular formula is C47H56F3N3O7. The lowest BCUT2D eigenvalue weighted by Crippen LogP contribution is -2.38. The average Bonchev–Trinajstić information content (AvgIpc) is 3.26. The van der Waals surface area contributed by atoms with E-state index >= 15 is 0 Å². The number of carboxylic acid groups (broad SMARTS) is 1. The Balaban J connectivity index is 0.000000896. The third-order valence-electron chi connectivity index (χ3n) is 11.2. The molecule has 2 heterocycles. The number of aliphatic carboxylic acids is 1. The number of aliphatic hydroxyl groups is 1. The van der Waals surface area contributed by atoms with E-state index in [2.05, 4.69) is 11.4 Å². The Morgan fingerprint density at radius 2 is 1.57 bits per heavy atom. The molecule has 2 amide bonds. The number of rotatable bonds is 14. The van der Waals surface area contributed by atoms with Gasteiger partial charge in [-0.3, -0.25) is 9.59 Å². The van der Waals surface area contributed by atoms with Crippen LogP contribution in [-0.4, -0.2) is 89.7 Å². The van der Waals surface area contributed by atoms with Crippen LogP contribution in [0.15, 0.2) is 103 Å². The van der Waals surface area contributed by atoms with E-state index in [1.807, 2.05) is 84.6 Å². The monoisotopic (exact) mass is 831 g/mol. The van der Waals surface area contributed by atoms with Crippen LogP contribution < -0.4 is 10.1 Å². The Labute approximate surface area is 350 Å². The van der Waals surface area contributed by atoms with Gasteiger partial charge >= 0.3 is 12.1 Å². The van der Waals surface area contributed by atoms with E-state index in [1.54, 1.807) is 36.3 Å². The van der Waals surface area contributed by atoms with Crippen molar-refractivity contribution in [2.24, 2.45) is 11.8 Å². The molecule has 0 spiro atoms. The van der Waals surface area contributed by atoms with E-state index in [0.717, 1.165) is 65.8 Å². The highest BCUT2D eigenvalue weighted by molar-refractivity contribution is 5.95. The molecule has 2 fully saturated rings. The van der Waals surface area contributed by atoms with Crippen LogP contribution in [0.25, 0.3) is 17.2 Å². The molecule has 3 aromatic carbocycles. The summed E-state index contributed by atoms with van der Waals surface area (Å²) < 4.78 is 42.5. The van der Waals surface area contributed by atoms with Gasteiger partial charge in [-0.05, 0) is 128 Å². The van der Waals surface area contributed by atoms with Crippen LogP contribution in [-0.2, 0) is 20.9 Å². The number of carbonyl (C=O) groups is 3. The normalized spacial score (nSPS) is 18.7. The van der Waals surface area contributed by atoms with Gasteiger partial charge < -0.3 is 34.8 Å². The van der Waals surface area contributed by atoms with E-state index in [-0.39, 0.29) is 18.2 Å². The number of methoxy groups -OCH3 is 1. The first kappa shape index (κ1) is 45.8. The predicted octanol–water partition coefficient (Wildman–Crippen LogP) is 8.63. The largest absolute Gasteiger partial charge is 0.497 e. The second kappa shape index (κ2) is 21.8. The van der Waals surface area contributed by atoms with E-state index in [4.69, 9.17) is 19.4 Å². The molecule has 6 rings (SSSR count). The molecule has 13 heteroatoms. The summed E-state index contributed by atoms with van der Waals surface area (Å²) in [5.41, 5.74) is 5.14. The molecule has 3 N–H and O–H groups in total. The van der Waals surface area contributed by atoms with Crippen LogP contribution in [0.4, 0.5) is 13.2 Å². The average molecular weight is 832 g/mol. The molecular weight excluding hydrogens is 776 g/mol. The van der Waals surface area contributed by atoms with Crippen LogP contribution in [0.5, 0.6) is 5.75 Å². The maximum absolute atomic E-state index is 13.8. The van der Waals surface area contributed by atoms with Crippen molar-refractivity contribution in [3.05, 3.63) is 119 Å². The first-order valence-electron chi connectivity index (χ1n) is 20.7. The number of halogens is 3. The van der Waals surface area contributed by atoms with E-state index < -0.39 is 17.9 Å². The number of carbonyl (C=O) groups excluding carboxylic acids is 2. The number of nitrogens with zero attached hydrogens (tertiary/aromatic N) is 2. The Hall–Kier alpha value is -5.24. The highest BCUT2D eigenvalue weighted by Gasteiger charge is 2.38. The Bertz CT molecular complexity index is 1980. The summed E-state index contributed by atoms with van der Waals surface area (Å²) in [7, 11) is 1.62. The van der Waals surface area contributed by atoms with Gasteiger partial charge in [-0.1, -0.05) is 67.8 Å². The topological polar surface area (TPSA) is 129 Å². The van der Waals surface area contributed by atoms with Crippen molar-refractivity contribution in [1.82, 2.24) is 15.1 Å². The van der Waals surface area contributed by atoms with Crippen LogP contribution >= 0.6 is 0 Å². The predicted molar refractivity (Wildman–Crippen MR) is 225 cm³/mol. The summed E-state index contributed by atoms with van der Waals surface area (Å²) in [6, 6.07) is 23.5. The molecule has 3 aliphatic rings. The molecule has 10 nitrogen and oxygen atoms in total. The summed E-state index contributed by atoms with van der Waals surface area (Å²) in [4.78, 5) is 40.1. The Morgan fingerprint density at radius 3 is 2.17 bits per heavy atom. The van der Waals surface area contributed by atoms with Gasteiger partial charge in [0.2, 0.25) is 0 Å². The minimum absolute atomic E-state index is 0.0969. The van der Waals surface area contributed by atoms with Crippen molar-refractivity contribution < 1.29 is 47.2 Å². The number of amides is 2. The van der Waals surface area contributed by atoms with Gasteiger partial charge in [0.25, 0.3) is 11.8 Å². The molecule has 2 saturated heterocycles. The van der Waals surface area contributed by atoms with Crippen molar-refractivity contribution >= 4 is 23.9 Å². The molecule has 60 heavy (non-hydrogen) atoms. The van der Waals surface area contributed by atoms with Crippen LogP contribution in [0.2, 0.25) is 0 Å². The van der Waals surface area contributed by atoms with Crippen molar-refractivity contribution in [3.8, 4) is 16.9 Å². The van der Waals surface area contributed by atoms with E-state index in [1.165, 1.54) is 45.2 Å². The number of alkyl halides is 3. The first-order valence-corrected chi connectivity index (χ1v) is 20.7. The van der Waals surface area contributed by atoms with Gasteiger partial charge in [-0.25, -0.2) is 4.79 Å². The molecule has 1 unspecified atom stereocenters. The number of ether oxygens (including phenoxy) is 2. The third-order valence-corrected chi connectivity index (χ3v) is 11.2. The zero-order chi connectivity index (χ0) is 43.1. The summed E-state index contributed by atoms with van der Waals surface area (Å²) in [5.74, 6) is -1.89. The van der Waals surface area contributed by atoms with E-state index in [0.29, 0.717) is 24.4 Å². The fraction of sp³-hybridized carbons (Fsp3) is 0.426. The Morgan fingerprint density at radius 1 is 0.933 bits per heavy atom. The quantitative estimate of drug-likeness (QED) is 0.109. The Kier molecular flexibility index (Phi) is 16.7. The maximum Gasteiger partial charge on any atom is 0.490 e. The number of nitrogens with one attached hydrogen (secondary N) is 1. The summed E-state index contributed by atoms with van der Waals surface area (Å²) >= 11 is 0. The van der Waals surface area contributed by atoms with Crippen LogP contribution in [0, 0.1) is 11.8 Å². The minimum Gasteiger partial charge on any atom is -0.497 e.